The van der Waals surface area contributed by atoms with Gasteiger partial charge in [0.2, 0.25) is 0 Å². The zero-order valence-corrected chi connectivity index (χ0v) is 10.8. The van der Waals surface area contributed by atoms with Crippen molar-refractivity contribution >= 4 is 19.1 Å². The molecule has 0 fully saturated rings. The second-order valence-corrected chi connectivity index (χ2v) is 9.49. The molecule has 0 radical (unpaired) electrons. The van der Waals surface area contributed by atoms with E-state index < -0.39 is 8.07 Å². The first-order chi connectivity index (χ1) is 7.54. The summed E-state index contributed by atoms with van der Waals surface area (Å²) >= 11 is 0. The third kappa shape index (κ3) is 2.68. The van der Waals surface area contributed by atoms with E-state index in [1.54, 1.807) is 6.20 Å². The third-order valence-corrected chi connectivity index (χ3v) is 2.90. The summed E-state index contributed by atoms with van der Waals surface area (Å²) in [4.78, 5) is 8.69. The lowest BCUT2D eigenvalue weighted by Gasteiger charge is -2.03. The van der Waals surface area contributed by atoms with Gasteiger partial charge in [0, 0.05) is 6.20 Å². The minimum atomic E-state index is -1.32. The van der Waals surface area contributed by atoms with E-state index in [1.807, 2.05) is 24.3 Å². The van der Waals surface area contributed by atoms with Gasteiger partial charge in [0.25, 0.3) is 0 Å². The molecule has 80 valence electrons. The molecule has 0 unspecified atom stereocenters. The molecule has 2 aromatic rings. The Morgan fingerprint density at radius 2 is 1.88 bits per heavy atom. The van der Waals surface area contributed by atoms with Gasteiger partial charge in [-0.2, -0.15) is 0 Å². The second-order valence-electron chi connectivity index (χ2n) is 4.74. The van der Waals surface area contributed by atoms with Gasteiger partial charge in [0.1, 0.15) is 13.8 Å². The lowest BCUT2D eigenvalue weighted by Crippen LogP contribution is -2.16. The van der Waals surface area contributed by atoms with Crippen molar-refractivity contribution in [2.24, 2.45) is 0 Å². The molecular weight excluding hydrogens is 212 g/mol. The summed E-state index contributed by atoms with van der Waals surface area (Å²) in [7, 11) is -1.32. The van der Waals surface area contributed by atoms with Gasteiger partial charge in [-0.25, -0.2) is 4.98 Å². The molecule has 2 rings (SSSR count). The molecule has 0 saturated heterocycles. The van der Waals surface area contributed by atoms with Crippen LogP contribution in [0, 0.1) is 11.5 Å². The minimum Gasteiger partial charge on any atom is -0.255 e. The summed E-state index contributed by atoms with van der Waals surface area (Å²) in [5.41, 5.74) is 5.97. The van der Waals surface area contributed by atoms with Crippen molar-refractivity contribution in [2.75, 3.05) is 0 Å². The number of pyridine rings is 2. The Balaban J connectivity index is 2.43. The van der Waals surface area contributed by atoms with Crippen LogP contribution < -0.4 is 0 Å². The minimum absolute atomic E-state index is 0.836. The van der Waals surface area contributed by atoms with Crippen LogP contribution in [0.4, 0.5) is 0 Å². The highest BCUT2D eigenvalue weighted by Gasteiger charge is 2.07. The predicted molar refractivity (Wildman–Crippen MR) is 69.8 cm³/mol. The Bertz CT molecular complexity index is 573. The Kier molecular flexibility index (Phi) is 2.76. The van der Waals surface area contributed by atoms with E-state index in [2.05, 4.69) is 41.1 Å². The average molecular weight is 226 g/mol. The largest absolute Gasteiger partial charge is 0.255 e. The number of aromatic nitrogens is 2. The van der Waals surface area contributed by atoms with Gasteiger partial charge < -0.3 is 0 Å². The highest BCUT2D eigenvalue weighted by atomic mass is 28.3. The van der Waals surface area contributed by atoms with E-state index in [0.717, 1.165) is 16.7 Å². The van der Waals surface area contributed by atoms with Gasteiger partial charge in [-0.3, -0.25) is 4.98 Å². The molecule has 0 bridgehead atoms. The van der Waals surface area contributed by atoms with Crippen LogP contribution in [0.15, 0.2) is 30.5 Å². The lowest BCUT2D eigenvalue weighted by atomic mass is 10.3. The van der Waals surface area contributed by atoms with Crippen LogP contribution in [0.1, 0.15) is 5.69 Å². The molecule has 0 aliphatic rings. The average Bonchev–Trinajstić information content (AvgIpc) is 2.25. The smallest absolute Gasteiger partial charge is 0.129 e. The normalized spacial score (nSPS) is 10.9. The first-order valence-electron chi connectivity index (χ1n) is 5.30. The third-order valence-electron chi connectivity index (χ3n) is 2.02. The fraction of sp³-hybridized carbons (Fsp3) is 0.231. The van der Waals surface area contributed by atoms with Crippen LogP contribution in [0.2, 0.25) is 19.6 Å². The van der Waals surface area contributed by atoms with Crippen molar-refractivity contribution in [3.8, 4) is 11.5 Å². The first-order valence-corrected chi connectivity index (χ1v) is 8.80. The maximum absolute atomic E-state index is 4.46. The van der Waals surface area contributed by atoms with Crippen LogP contribution in [-0.4, -0.2) is 18.0 Å². The molecule has 0 spiro atoms. The molecule has 2 heterocycles. The summed E-state index contributed by atoms with van der Waals surface area (Å²) in [6.07, 6.45) is 1.78. The van der Waals surface area contributed by atoms with Crippen molar-refractivity contribution in [2.45, 2.75) is 19.6 Å². The second kappa shape index (κ2) is 4.07. The lowest BCUT2D eigenvalue weighted by molar-refractivity contribution is 1.31. The van der Waals surface area contributed by atoms with Gasteiger partial charge in [-0.15, -0.1) is 5.54 Å². The maximum Gasteiger partial charge on any atom is 0.129 e. The number of hydrogen-bond donors (Lipinski definition) is 0. The van der Waals surface area contributed by atoms with Gasteiger partial charge in [-0.1, -0.05) is 25.6 Å². The first kappa shape index (κ1) is 10.8. The molecule has 16 heavy (non-hydrogen) atoms. The number of nitrogens with zero attached hydrogens (tertiary/aromatic N) is 2. The van der Waals surface area contributed by atoms with Crippen LogP contribution in [0.3, 0.4) is 0 Å². The van der Waals surface area contributed by atoms with Crippen LogP contribution in [0.5, 0.6) is 0 Å². The van der Waals surface area contributed by atoms with E-state index >= 15 is 0 Å². The molecule has 0 amide bonds. The highest BCUT2D eigenvalue weighted by Crippen LogP contribution is 2.08. The summed E-state index contributed by atoms with van der Waals surface area (Å²) in [6, 6.07) is 7.76. The number of fused-ring (bicyclic) bond motifs is 1. The fourth-order valence-corrected chi connectivity index (χ4v) is 1.78. The predicted octanol–water partition coefficient (Wildman–Crippen LogP) is 2.86. The van der Waals surface area contributed by atoms with Crippen molar-refractivity contribution in [1.82, 2.24) is 9.97 Å². The quantitative estimate of drug-likeness (QED) is 0.510. The van der Waals surface area contributed by atoms with E-state index in [4.69, 9.17) is 0 Å². The molecule has 2 aromatic heterocycles. The number of rotatable bonds is 0. The standard InChI is InChI=1S/C13H14N2Si/c1-16(2,3)10-8-11-6-7-12-13(15-11)5-4-9-14-12/h4-7,9H,1-3H3. The number of hydrogen-bond acceptors (Lipinski definition) is 2. The van der Waals surface area contributed by atoms with Gasteiger partial charge in [0.15, 0.2) is 0 Å². The monoisotopic (exact) mass is 226 g/mol. The Morgan fingerprint density at radius 3 is 2.62 bits per heavy atom. The van der Waals surface area contributed by atoms with Crippen molar-refractivity contribution < 1.29 is 0 Å². The summed E-state index contributed by atoms with van der Waals surface area (Å²) < 4.78 is 0. The molecule has 2 nitrogen and oxygen atoms in total. The molecule has 0 atom stereocenters. The molecule has 0 aromatic carbocycles. The van der Waals surface area contributed by atoms with E-state index in [9.17, 15) is 0 Å². The molecule has 0 N–H and O–H groups in total. The fourth-order valence-electron chi connectivity index (χ4n) is 1.28. The Hall–Kier alpha value is -1.66. The maximum atomic E-state index is 4.46. The molecule has 0 saturated carbocycles. The van der Waals surface area contributed by atoms with Crippen molar-refractivity contribution in [3.05, 3.63) is 36.2 Å². The van der Waals surface area contributed by atoms with Crippen LogP contribution in [0.25, 0.3) is 11.0 Å². The summed E-state index contributed by atoms with van der Waals surface area (Å²) in [6.45, 7) is 6.67. The summed E-state index contributed by atoms with van der Waals surface area (Å²) in [5, 5.41) is 0. The summed E-state index contributed by atoms with van der Waals surface area (Å²) in [5.74, 6) is 3.15. The van der Waals surface area contributed by atoms with Gasteiger partial charge in [0.05, 0.1) is 11.0 Å². The molecule has 0 aliphatic carbocycles. The molecular formula is C13H14N2Si. The zero-order valence-electron chi connectivity index (χ0n) is 9.78. The van der Waals surface area contributed by atoms with Crippen LogP contribution >= 0.6 is 0 Å². The van der Waals surface area contributed by atoms with Gasteiger partial charge >= 0.3 is 0 Å². The highest BCUT2D eigenvalue weighted by molar-refractivity contribution is 6.83. The molecule has 3 heteroatoms. The topological polar surface area (TPSA) is 25.8 Å². The van der Waals surface area contributed by atoms with Crippen molar-refractivity contribution in [1.29, 1.82) is 0 Å². The Morgan fingerprint density at radius 1 is 1.06 bits per heavy atom. The van der Waals surface area contributed by atoms with Crippen LogP contribution in [-0.2, 0) is 0 Å². The molecule has 0 aliphatic heterocycles. The van der Waals surface area contributed by atoms with Gasteiger partial charge in [-0.05, 0) is 24.3 Å². The Labute approximate surface area is 96.8 Å². The van der Waals surface area contributed by atoms with E-state index in [-0.39, 0.29) is 0 Å². The van der Waals surface area contributed by atoms with E-state index in [1.165, 1.54) is 0 Å². The van der Waals surface area contributed by atoms with E-state index in [0.29, 0.717) is 0 Å². The van der Waals surface area contributed by atoms with Crippen molar-refractivity contribution in [3.63, 3.8) is 0 Å². The SMILES string of the molecule is C[Si](C)(C)C#Cc1ccc2ncccc2n1. The zero-order chi connectivity index (χ0) is 11.6.